The van der Waals surface area contributed by atoms with Crippen LogP contribution in [0.2, 0.25) is 10.0 Å². The minimum Gasteiger partial charge on any atom is -0.322 e. The van der Waals surface area contributed by atoms with Crippen LogP contribution < -0.4 is 9.62 Å². The van der Waals surface area contributed by atoms with Crippen molar-refractivity contribution in [2.45, 2.75) is 18.7 Å². The standard InChI is InChI=1S/C22H20Cl2N2O3S/c1-15-8-6-13-20(16(15)2)26(30(28,29)17-9-4-3-5-10-17)14-21(27)25-22-18(23)11-7-12-19(22)24/h3-13H,14H2,1-2H3,(H,25,27). The quantitative estimate of drug-likeness (QED) is 0.529. The van der Waals surface area contributed by atoms with Crippen molar-refractivity contribution >= 4 is 50.5 Å². The lowest BCUT2D eigenvalue weighted by atomic mass is 10.1. The Morgan fingerprint density at radius 1 is 0.900 bits per heavy atom. The first-order valence-electron chi connectivity index (χ1n) is 9.09. The molecule has 0 fully saturated rings. The molecule has 0 aliphatic heterocycles. The summed E-state index contributed by atoms with van der Waals surface area (Å²) in [6, 6.07) is 18.2. The van der Waals surface area contributed by atoms with E-state index in [2.05, 4.69) is 5.32 Å². The van der Waals surface area contributed by atoms with Crippen LogP contribution in [0.3, 0.4) is 0 Å². The molecule has 0 saturated carbocycles. The number of amides is 1. The average Bonchev–Trinajstić information content (AvgIpc) is 2.72. The number of aryl methyl sites for hydroxylation is 1. The summed E-state index contributed by atoms with van der Waals surface area (Å²) in [6.45, 7) is 3.26. The van der Waals surface area contributed by atoms with Gasteiger partial charge in [-0.15, -0.1) is 0 Å². The van der Waals surface area contributed by atoms with Crippen molar-refractivity contribution in [3.8, 4) is 0 Å². The topological polar surface area (TPSA) is 66.5 Å². The highest BCUT2D eigenvalue weighted by atomic mass is 35.5. The molecule has 30 heavy (non-hydrogen) atoms. The third-order valence-electron chi connectivity index (χ3n) is 4.69. The van der Waals surface area contributed by atoms with Crippen LogP contribution in [0, 0.1) is 13.8 Å². The molecule has 156 valence electrons. The number of rotatable bonds is 6. The van der Waals surface area contributed by atoms with Crippen LogP contribution in [0.5, 0.6) is 0 Å². The molecule has 1 N–H and O–H groups in total. The summed E-state index contributed by atoms with van der Waals surface area (Å²) >= 11 is 12.3. The molecule has 0 unspecified atom stereocenters. The van der Waals surface area contributed by atoms with Gasteiger partial charge in [-0.1, -0.05) is 59.6 Å². The smallest absolute Gasteiger partial charge is 0.264 e. The molecule has 0 atom stereocenters. The lowest BCUT2D eigenvalue weighted by Crippen LogP contribution is -2.38. The van der Waals surface area contributed by atoms with Crippen molar-refractivity contribution in [3.05, 3.63) is 87.9 Å². The Kier molecular flexibility index (Phi) is 6.71. The molecule has 0 aliphatic rings. The minimum absolute atomic E-state index is 0.0921. The van der Waals surface area contributed by atoms with Gasteiger partial charge in [0.05, 0.1) is 26.3 Å². The number of carbonyl (C=O) groups excluding carboxylic acids is 1. The Morgan fingerprint density at radius 3 is 2.13 bits per heavy atom. The van der Waals surface area contributed by atoms with Crippen molar-refractivity contribution in [1.29, 1.82) is 0 Å². The largest absolute Gasteiger partial charge is 0.322 e. The van der Waals surface area contributed by atoms with E-state index in [9.17, 15) is 13.2 Å². The molecule has 5 nitrogen and oxygen atoms in total. The summed E-state index contributed by atoms with van der Waals surface area (Å²) in [5.41, 5.74) is 2.35. The molecule has 3 aromatic rings. The number of carbonyl (C=O) groups is 1. The van der Waals surface area contributed by atoms with Crippen molar-refractivity contribution in [2.24, 2.45) is 0 Å². The summed E-state index contributed by atoms with van der Waals surface area (Å²) in [5.74, 6) is -0.564. The van der Waals surface area contributed by atoms with E-state index in [0.717, 1.165) is 15.4 Å². The van der Waals surface area contributed by atoms with E-state index in [-0.39, 0.29) is 20.6 Å². The van der Waals surface area contributed by atoms with E-state index < -0.39 is 22.5 Å². The number of halogens is 2. The third kappa shape index (κ3) is 4.61. The molecule has 0 spiro atoms. The summed E-state index contributed by atoms with van der Waals surface area (Å²) in [5, 5.41) is 3.16. The lowest BCUT2D eigenvalue weighted by molar-refractivity contribution is -0.114. The highest BCUT2D eigenvalue weighted by Crippen LogP contribution is 2.31. The maximum absolute atomic E-state index is 13.4. The van der Waals surface area contributed by atoms with Gasteiger partial charge in [0.1, 0.15) is 6.54 Å². The number of benzene rings is 3. The second-order valence-corrected chi connectivity index (χ2v) is 9.37. The lowest BCUT2D eigenvalue weighted by Gasteiger charge is -2.26. The molecule has 0 radical (unpaired) electrons. The fourth-order valence-electron chi connectivity index (χ4n) is 2.95. The Morgan fingerprint density at radius 2 is 1.50 bits per heavy atom. The van der Waals surface area contributed by atoms with Gasteiger partial charge in [0.25, 0.3) is 10.0 Å². The van der Waals surface area contributed by atoms with Gasteiger partial charge in [-0.05, 0) is 55.3 Å². The average molecular weight is 463 g/mol. The molecule has 3 rings (SSSR count). The monoisotopic (exact) mass is 462 g/mol. The number of hydrogen-bond donors (Lipinski definition) is 1. The Bertz CT molecular complexity index is 1160. The van der Waals surface area contributed by atoms with Crippen LogP contribution in [-0.4, -0.2) is 20.9 Å². The molecule has 0 aromatic heterocycles. The van der Waals surface area contributed by atoms with Crippen LogP contribution in [-0.2, 0) is 14.8 Å². The summed E-state index contributed by atoms with van der Waals surface area (Å²) in [7, 11) is -3.99. The Balaban J connectivity index is 2.02. The van der Waals surface area contributed by atoms with E-state index in [4.69, 9.17) is 23.2 Å². The molecule has 8 heteroatoms. The number of nitrogens with zero attached hydrogens (tertiary/aromatic N) is 1. The highest BCUT2D eigenvalue weighted by molar-refractivity contribution is 7.92. The van der Waals surface area contributed by atoms with E-state index in [1.54, 1.807) is 48.5 Å². The maximum Gasteiger partial charge on any atom is 0.264 e. The van der Waals surface area contributed by atoms with Crippen molar-refractivity contribution in [1.82, 2.24) is 0 Å². The number of nitrogens with one attached hydrogen (secondary N) is 1. The summed E-state index contributed by atoms with van der Waals surface area (Å²) in [6.07, 6.45) is 0. The number of hydrogen-bond acceptors (Lipinski definition) is 3. The van der Waals surface area contributed by atoms with Gasteiger partial charge < -0.3 is 5.32 Å². The number of para-hydroxylation sites is 1. The van der Waals surface area contributed by atoms with E-state index in [1.807, 2.05) is 19.9 Å². The Hall–Kier alpha value is -2.54. The third-order valence-corrected chi connectivity index (χ3v) is 7.09. The zero-order valence-corrected chi connectivity index (χ0v) is 18.7. The minimum atomic E-state index is -3.99. The van der Waals surface area contributed by atoms with Gasteiger partial charge in [-0.2, -0.15) is 0 Å². The van der Waals surface area contributed by atoms with Crippen molar-refractivity contribution < 1.29 is 13.2 Å². The molecule has 1 amide bonds. The van der Waals surface area contributed by atoms with Gasteiger partial charge in [0.15, 0.2) is 0 Å². The molecule has 0 aliphatic carbocycles. The fourth-order valence-corrected chi connectivity index (χ4v) is 4.94. The van der Waals surface area contributed by atoms with E-state index in [1.165, 1.54) is 12.1 Å². The molecular weight excluding hydrogens is 443 g/mol. The zero-order chi connectivity index (χ0) is 21.9. The van der Waals surface area contributed by atoms with Crippen LogP contribution in [0.1, 0.15) is 11.1 Å². The molecular formula is C22H20Cl2N2O3S. The molecule has 0 saturated heterocycles. The van der Waals surface area contributed by atoms with Crippen molar-refractivity contribution in [2.75, 3.05) is 16.2 Å². The predicted octanol–water partition coefficient (Wildman–Crippen LogP) is 5.44. The van der Waals surface area contributed by atoms with Crippen LogP contribution in [0.25, 0.3) is 0 Å². The van der Waals surface area contributed by atoms with Crippen molar-refractivity contribution in [3.63, 3.8) is 0 Å². The van der Waals surface area contributed by atoms with Crippen LogP contribution >= 0.6 is 23.2 Å². The highest BCUT2D eigenvalue weighted by Gasteiger charge is 2.28. The number of sulfonamides is 1. The maximum atomic E-state index is 13.4. The molecule has 0 heterocycles. The van der Waals surface area contributed by atoms with Crippen LogP contribution in [0.4, 0.5) is 11.4 Å². The SMILES string of the molecule is Cc1cccc(N(CC(=O)Nc2c(Cl)cccc2Cl)S(=O)(=O)c2ccccc2)c1C. The van der Waals surface area contributed by atoms with Gasteiger partial charge in [-0.3, -0.25) is 9.10 Å². The van der Waals surface area contributed by atoms with E-state index >= 15 is 0 Å². The zero-order valence-electron chi connectivity index (χ0n) is 16.4. The van der Waals surface area contributed by atoms with Crippen LogP contribution in [0.15, 0.2) is 71.6 Å². The van der Waals surface area contributed by atoms with Gasteiger partial charge in [0.2, 0.25) is 5.91 Å². The van der Waals surface area contributed by atoms with Gasteiger partial charge in [0, 0.05) is 0 Å². The van der Waals surface area contributed by atoms with Gasteiger partial charge in [-0.25, -0.2) is 8.42 Å². The second-order valence-electron chi connectivity index (χ2n) is 6.69. The summed E-state index contributed by atoms with van der Waals surface area (Å²) in [4.78, 5) is 12.9. The molecule has 0 bridgehead atoms. The first-order valence-corrected chi connectivity index (χ1v) is 11.3. The normalized spacial score (nSPS) is 11.2. The summed E-state index contributed by atoms with van der Waals surface area (Å²) < 4.78 is 27.9. The fraction of sp³-hybridized carbons (Fsp3) is 0.136. The van der Waals surface area contributed by atoms with E-state index in [0.29, 0.717) is 5.69 Å². The molecule has 3 aromatic carbocycles. The van der Waals surface area contributed by atoms with Gasteiger partial charge >= 0.3 is 0 Å². The first-order chi connectivity index (χ1) is 14.2. The predicted molar refractivity (Wildman–Crippen MR) is 122 cm³/mol. The first kappa shape index (κ1) is 22.2. The Labute approximate surface area is 186 Å². The second kappa shape index (κ2) is 9.08. The number of anilines is 2.